The van der Waals surface area contributed by atoms with Crippen molar-refractivity contribution in [2.75, 3.05) is 0 Å². The van der Waals surface area contributed by atoms with Gasteiger partial charge in [-0.25, -0.2) is 0 Å². The van der Waals surface area contributed by atoms with E-state index in [-0.39, 0.29) is 0 Å². The molecule has 16 heavy (non-hydrogen) atoms. The van der Waals surface area contributed by atoms with Gasteiger partial charge in [-0.2, -0.15) is 5.10 Å². The van der Waals surface area contributed by atoms with Crippen molar-refractivity contribution in [2.45, 2.75) is 58.7 Å². The summed E-state index contributed by atoms with van der Waals surface area (Å²) in [4.78, 5) is 0. The fraction of sp³-hybridized carbons (Fsp3) is 0.769. The zero-order chi connectivity index (χ0) is 11.4. The normalized spacial score (nSPS) is 19.1. The first-order valence-corrected chi connectivity index (χ1v) is 6.54. The Balaban J connectivity index is 1.77. The molecular weight excluding hydrogens is 198 g/mol. The third kappa shape index (κ3) is 2.85. The molecule has 0 bridgehead atoms. The number of rotatable bonds is 5. The van der Waals surface area contributed by atoms with Gasteiger partial charge in [-0.1, -0.05) is 12.8 Å². The van der Waals surface area contributed by atoms with E-state index < -0.39 is 0 Å². The number of hydrogen-bond donors (Lipinski definition) is 1. The molecule has 0 aromatic carbocycles. The Morgan fingerprint density at radius 1 is 1.50 bits per heavy atom. The van der Waals surface area contributed by atoms with E-state index in [1.807, 2.05) is 10.9 Å². The predicted octanol–water partition coefficient (Wildman–Crippen LogP) is 2.57. The molecular formula is C13H23N3. The van der Waals surface area contributed by atoms with Gasteiger partial charge in [0.1, 0.15) is 0 Å². The summed E-state index contributed by atoms with van der Waals surface area (Å²) in [7, 11) is 0. The van der Waals surface area contributed by atoms with Crippen molar-refractivity contribution in [2.24, 2.45) is 5.92 Å². The van der Waals surface area contributed by atoms with Crippen LogP contribution < -0.4 is 5.32 Å². The second-order valence-electron chi connectivity index (χ2n) is 4.92. The minimum absolute atomic E-state index is 0.646. The van der Waals surface area contributed by atoms with Crippen LogP contribution in [0.15, 0.2) is 12.4 Å². The highest BCUT2D eigenvalue weighted by Crippen LogP contribution is 2.27. The first kappa shape index (κ1) is 11.6. The van der Waals surface area contributed by atoms with Crippen molar-refractivity contribution < 1.29 is 0 Å². The van der Waals surface area contributed by atoms with Crippen LogP contribution in [0, 0.1) is 5.92 Å². The van der Waals surface area contributed by atoms with Crippen LogP contribution in [0.5, 0.6) is 0 Å². The lowest BCUT2D eigenvalue weighted by atomic mass is 10.00. The van der Waals surface area contributed by atoms with Crippen LogP contribution in [-0.2, 0) is 13.1 Å². The number of aromatic nitrogens is 2. The first-order valence-electron chi connectivity index (χ1n) is 6.54. The molecule has 1 fully saturated rings. The van der Waals surface area contributed by atoms with E-state index in [0.717, 1.165) is 19.0 Å². The zero-order valence-electron chi connectivity index (χ0n) is 10.4. The van der Waals surface area contributed by atoms with E-state index in [2.05, 4.69) is 30.5 Å². The summed E-state index contributed by atoms with van der Waals surface area (Å²) in [6.07, 6.45) is 9.76. The lowest BCUT2D eigenvalue weighted by Crippen LogP contribution is -2.31. The topological polar surface area (TPSA) is 29.9 Å². The van der Waals surface area contributed by atoms with Crippen LogP contribution in [-0.4, -0.2) is 15.8 Å². The summed E-state index contributed by atoms with van der Waals surface area (Å²) in [6, 6.07) is 0.646. The van der Waals surface area contributed by atoms with E-state index in [1.54, 1.807) is 0 Å². The molecule has 1 aliphatic rings. The van der Waals surface area contributed by atoms with Crippen molar-refractivity contribution in [1.29, 1.82) is 0 Å². The number of aryl methyl sites for hydroxylation is 1. The van der Waals surface area contributed by atoms with Crippen molar-refractivity contribution in [3.8, 4) is 0 Å². The van der Waals surface area contributed by atoms with Crippen molar-refractivity contribution >= 4 is 0 Å². The van der Waals surface area contributed by atoms with Gasteiger partial charge in [0.05, 0.1) is 6.20 Å². The molecule has 1 aromatic rings. The number of hydrogen-bond acceptors (Lipinski definition) is 2. The van der Waals surface area contributed by atoms with Gasteiger partial charge < -0.3 is 5.32 Å². The summed E-state index contributed by atoms with van der Waals surface area (Å²) in [6.45, 7) is 6.35. The summed E-state index contributed by atoms with van der Waals surface area (Å²) in [5, 5.41) is 7.91. The van der Waals surface area contributed by atoms with Crippen LogP contribution in [0.4, 0.5) is 0 Å². The fourth-order valence-corrected chi connectivity index (χ4v) is 2.57. The van der Waals surface area contributed by atoms with E-state index >= 15 is 0 Å². The molecule has 0 amide bonds. The molecule has 0 saturated heterocycles. The maximum absolute atomic E-state index is 4.29. The molecule has 1 N–H and O–H groups in total. The smallest absolute Gasteiger partial charge is 0.0534 e. The maximum atomic E-state index is 4.29. The van der Waals surface area contributed by atoms with Gasteiger partial charge in [0, 0.05) is 30.9 Å². The van der Waals surface area contributed by atoms with Crippen LogP contribution in [0.3, 0.4) is 0 Å². The molecule has 3 nitrogen and oxygen atoms in total. The lowest BCUT2D eigenvalue weighted by molar-refractivity contribution is 0.380. The van der Waals surface area contributed by atoms with Gasteiger partial charge in [-0.15, -0.1) is 0 Å². The molecule has 1 saturated carbocycles. The molecule has 1 unspecified atom stereocenters. The summed E-state index contributed by atoms with van der Waals surface area (Å²) in [5.41, 5.74) is 1.30. The minimum atomic E-state index is 0.646. The van der Waals surface area contributed by atoms with Gasteiger partial charge >= 0.3 is 0 Å². The summed E-state index contributed by atoms with van der Waals surface area (Å²) in [5.74, 6) is 0.890. The zero-order valence-corrected chi connectivity index (χ0v) is 10.4. The Bertz CT molecular complexity index is 313. The van der Waals surface area contributed by atoms with Crippen LogP contribution in [0.2, 0.25) is 0 Å². The van der Waals surface area contributed by atoms with Crippen LogP contribution >= 0.6 is 0 Å². The molecule has 2 rings (SSSR count). The highest BCUT2D eigenvalue weighted by Gasteiger charge is 2.20. The van der Waals surface area contributed by atoms with Gasteiger partial charge in [0.2, 0.25) is 0 Å². The second-order valence-corrected chi connectivity index (χ2v) is 4.92. The largest absolute Gasteiger partial charge is 0.310 e. The molecule has 90 valence electrons. The van der Waals surface area contributed by atoms with Gasteiger partial charge in [-0.05, 0) is 32.6 Å². The Labute approximate surface area is 98.2 Å². The van der Waals surface area contributed by atoms with Crippen LogP contribution in [0.25, 0.3) is 0 Å². The quantitative estimate of drug-likeness (QED) is 0.828. The Morgan fingerprint density at radius 2 is 2.25 bits per heavy atom. The monoisotopic (exact) mass is 221 g/mol. The van der Waals surface area contributed by atoms with Crippen molar-refractivity contribution in [1.82, 2.24) is 15.1 Å². The molecule has 0 radical (unpaired) electrons. The van der Waals surface area contributed by atoms with E-state index in [9.17, 15) is 0 Å². The molecule has 0 spiro atoms. The van der Waals surface area contributed by atoms with Gasteiger partial charge in [-0.3, -0.25) is 4.68 Å². The highest BCUT2D eigenvalue weighted by molar-refractivity contribution is 5.03. The SMILES string of the molecule is CCn1cc(CNC(C)C2CCCC2)cn1. The molecule has 0 aliphatic heterocycles. The van der Waals surface area contributed by atoms with Crippen molar-refractivity contribution in [3.05, 3.63) is 18.0 Å². The fourth-order valence-electron chi connectivity index (χ4n) is 2.57. The van der Waals surface area contributed by atoms with E-state index in [4.69, 9.17) is 0 Å². The third-order valence-electron chi connectivity index (χ3n) is 3.75. The van der Waals surface area contributed by atoms with Gasteiger partial charge in [0.15, 0.2) is 0 Å². The van der Waals surface area contributed by atoms with Crippen LogP contribution in [0.1, 0.15) is 45.1 Å². The molecule has 1 heterocycles. The Hall–Kier alpha value is -0.830. The maximum Gasteiger partial charge on any atom is 0.0534 e. The standard InChI is InChI=1S/C13H23N3/c1-3-16-10-12(9-15-16)8-14-11(2)13-6-4-5-7-13/h9-11,13-14H,3-8H2,1-2H3. The Kier molecular flexibility index (Phi) is 3.99. The average molecular weight is 221 g/mol. The highest BCUT2D eigenvalue weighted by atomic mass is 15.3. The number of nitrogens with zero attached hydrogens (tertiary/aromatic N) is 2. The van der Waals surface area contributed by atoms with E-state index in [1.165, 1.54) is 31.2 Å². The minimum Gasteiger partial charge on any atom is -0.310 e. The third-order valence-corrected chi connectivity index (χ3v) is 3.75. The molecule has 1 aliphatic carbocycles. The lowest BCUT2D eigenvalue weighted by Gasteiger charge is -2.19. The molecule has 3 heteroatoms. The Morgan fingerprint density at radius 3 is 2.88 bits per heavy atom. The average Bonchev–Trinajstić information content (AvgIpc) is 2.96. The van der Waals surface area contributed by atoms with E-state index in [0.29, 0.717) is 6.04 Å². The van der Waals surface area contributed by atoms with Crippen molar-refractivity contribution in [3.63, 3.8) is 0 Å². The van der Waals surface area contributed by atoms with Gasteiger partial charge in [0.25, 0.3) is 0 Å². The predicted molar refractivity (Wildman–Crippen MR) is 66.2 cm³/mol. The summed E-state index contributed by atoms with van der Waals surface area (Å²) >= 11 is 0. The number of nitrogens with one attached hydrogen (secondary N) is 1. The molecule has 1 aromatic heterocycles. The molecule has 1 atom stereocenters. The first-order chi connectivity index (χ1) is 7.79. The summed E-state index contributed by atoms with van der Waals surface area (Å²) < 4.78 is 1.98. The second kappa shape index (κ2) is 5.48.